The summed E-state index contributed by atoms with van der Waals surface area (Å²) in [5.74, 6) is -0.430. The summed E-state index contributed by atoms with van der Waals surface area (Å²) in [5.41, 5.74) is 3.23. The van der Waals surface area contributed by atoms with Crippen molar-refractivity contribution in [2.45, 2.75) is 26.8 Å². The molecule has 1 N–H and O–H groups in total. The average molecular weight is 321 g/mol. The van der Waals surface area contributed by atoms with Crippen LogP contribution in [0.1, 0.15) is 40.0 Å². The van der Waals surface area contributed by atoms with Gasteiger partial charge < -0.3 is 9.73 Å². The van der Waals surface area contributed by atoms with E-state index in [0.29, 0.717) is 5.58 Å². The molecule has 1 atom stereocenters. The van der Waals surface area contributed by atoms with Crippen LogP contribution in [-0.4, -0.2) is 5.91 Å². The Hall–Kier alpha value is -2.88. The van der Waals surface area contributed by atoms with E-state index in [-0.39, 0.29) is 11.6 Å². The van der Waals surface area contributed by atoms with Crippen molar-refractivity contribution in [3.8, 4) is 0 Å². The van der Waals surface area contributed by atoms with Crippen molar-refractivity contribution in [2.75, 3.05) is 0 Å². The number of amides is 1. The van der Waals surface area contributed by atoms with E-state index in [1.165, 1.54) is 11.1 Å². The Bertz CT molecular complexity index is 972. The fourth-order valence-electron chi connectivity index (χ4n) is 2.61. The summed E-state index contributed by atoms with van der Waals surface area (Å²) >= 11 is 0. The van der Waals surface area contributed by atoms with Gasteiger partial charge in [0.25, 0.3) is 5.91 Å². The van der Waals surface area contributed by atoms with Crippen molar-refractivity contribution in [1.82, 2.24) is 5.32 Å². The number of carbonyl (C=O) groups excluding carboxylic acids is 1. The number of hydrogen-bond acceptors (Lipinski definition) is 3. The van der Waals surface area contributed by atoms with Crippen LogP contribution in [0.5, 0.6) is 0 Å². The highest BCUT2D eigenvalue weighted by Crippen LogP contribution is 2.18. The lowest BCUT2D eigenvalue weighted by molar-refractivity contribution is 0.0936. The quantitative estimate of drug-likeness (QED) is 0.744. The summed E-state index contributed by atoms with van der Waals surface area (Å²) < 4.78 is 5.22. The molecule has 4 nitrogen and oxygen atoms in total. The summed E-state index contributed by atoms with van der Waals surface area (Å²) in [7, 11) is 0. The number of fused-ring (bicyclic) bond motifs is 1. The molecular weight excluding hydrogens is 302 g/mol. The highest BCUT2D eigenvalue weighted by atomic mass is 16.4. The van der Waals surface area contributed by atoms with Crippen molar-refractivity contribution in [3.05, 3.63) is 81.2 Å². The molecule has 0 bridgehead atoms. The molecule has 3 rings (SSSR count). The molecule has 0 saturated heterocycles. The molecule has 0 fully saturated rings. The summed E-state index contributed by atoms with van der Waals surface area (Å²) in [4.78, 5) is 24.5. The maximum absolute atomic E-state index is 12.5. The van der Waals surface area contributed by atoms with Gasteiger partial charge in [0, 0.05) is 5.39 Å². The predicted octanol–water partition coefficient (Wildman–Crippen LogP) is 3.90. The monoisotopic (exact) mass is 321 g/mol. The van der Waals surface area contributed by atoms with Crippen LogP contribution < -0.4 is 10.9 Å². The normalized spacial score (nSPS) is 12.1. The smallest absolute Gasteiger partial charge is 0.349 e. The summed E-state index contributed by atoms with van der Waals surface area (Å²) in [5, 5.41) is 3.59. The molecule has 4 heteroatoms. The van der Waals surface area contributed by atoms with Crippen molar-refractivity contribution in [1.29, 1.82) is 0 Å². The maximum Gasteiger partial charge on any atom is 0.349 e. The van der Waals surface area contributed by atoms with Gasteiger partial charge in [0.15, 0.2) is 0 Å². The first-order valence-corrected chi connectivity index (χ1v) is 7.86. The van der Waals surface area contributed by atoms with E-state index in [4.69, 9.17) is 4.42 Å². The van der Waals surface area contributed by atoms with Gasteiger partial charge in [0.1, 0.15) is 11.1 Å². The largest absolute Gasteiger partial charge is 0.422 e. The predicted molar refractivity (Wildman–Crippen MR) is 94.3 cm³/mol. The number of carbonyl (C=O) groups is 1. The molecule has 0 aliphatic rings. The third-order valence-electron chi connectivity index (χ3n) is 4.26. The molecule has 0 unspecified atom stereocenters. The highest BCUT2D eigenvalue weighted by molar-refractivity contribution is 5.96. The van der Waals surface area contributed by atoms with Crippen LogP contribution >= 0.6 is 0 Å². The third-order valence-corrected chi connectivity index (χ3v) is 4.26. The van der Waals surface area contributed by atoms with Gasteiger partial charge in [-0.1, -0.05) is 36.4 Å². The number of aryl methyl sites for hydroxylation is 2. The number of benzene rings is 2. The number of hydrogen-bond donors (Lipinski definition) is 1. The SMILES string of the molecule is Cc1ccc([C@H](C)NC(=O)c2cc3ccccc3oc2=O)cc1C. The second-order valence-electron chi connectivity index (χ2n) is 6.02. The van der Waals surface area contributed by atoms with E-state index >= 15 is 0 Å². The fraction of sp³-hybridized carbons (Fsp3) is 0.200. The van der Waals surface area contributed by atoms with Crippen LogP contribution in [0.4, 0.5) is 0 Å². The van der Waals surface area contributed by atoms with E-state index in [9.17, 15) is 9.59 Å². The zero-order valence-electron chi connectivity index (χ0n) is 13.9. The molecule has 1 aromatic heterocycles. The van der Waals surface area contributed by atoms with Gasteiger partial charge in [-0.2, -0.15) is 0 Å². The molecule has 0 saturated carbocycles. The van der Waals surface area contributed by atoms with Gasteiger partial charge >= 0.3 is 5.63 Å². The zero-order chi connectivity index (χ0) is 17.3. The van der Waals surface area contributed by atoms with Gasteiger partial charge in [-0.3, -0.25) is 4.79 Å². The Kier molecular flexibility index (Phi) is 4.21. The molecule has 0 aliphatic carbocycles. The number of rotatable bonds is 3. The Morgan fingerprint density at radius 3 is 2.54 bits per heavy atom. The van der Waals surface area contributed by atoms with Crippen LogP contribution in [-0.2, 0) is 0 Å². The molecule has 24 heavy (non-hydrogen) atoms. The summed E-state index contributed by atoms with van der Waals surface area (Å²) in [6, 6.07) is 14.6. The minimum atomic E-state index is -0.626. The van der Waals surface area contributed by atoms with Gasteiger partial charge in [0.2, 0.25) is 0 Å². The number of nitrogens with one attached hydrogen (secondary N) is 1. The minimum absolute atomic E-state index is 0.0179. The van der Waals surface area contributed by atoms with E-state index in [1.807, 2.05) is 51.1 Å². The minimum Gasteiger partial charge on any atom is -0.422 e. The molecule has 122 valence electrons. The van der Waals surface area contributed by atoms with E-state index in [0.717, 1.165) is 10.9 Å². The molecule has 0 spiro atoms. The van der Waals surface area contributed by atoms with Crippen LogP contribution in [0.2, 0.25) is 0 Å². The van der Waals surface area contributed by atoms with Crippen LogP contribution in [0.25, 0.3) is 11.0 Å². The van der Waals surface area contributed by atoms with Crippen LogP contribution in [0, 0.1) is 13.8 Å². The lowest BCUT2D eigenvalue weighted by Crippen LogP contribution is -2.30. The highest BCUT2D eigenvalue weighted by Gasteiger charge is 2.16. The third kappa shape index (κ3) is 3.08. The maximum atomic E-state index is 12.5. The number of para-hydroxylation sites is 1. The zero-order valence-corrected chi connectivity index (χ0v) is 13.9. The lowest BCUT2D eigenvalue weighted by atomic mass is 10.0. The Morgan fingerprint density at radius 2 is 1.79 bits per heavy atom. The summed E-state index contributed by atoms with van der Waals surface area (Å²) in [6.07, 6.45) is 0. The first-order valence-electron chi connectivity index (χ1n) is 7.86. The standard InChI is InChI=1S/C20H19NO3/c1-12-8-9-15(10-13(12)2)14(3)21-19(22)17-11-16-6-4-5-7-18(16)24-20(17)23/h4-11,14H,1-3H3,(H,21,22)/t14-/m0/s1. The summed E-state index contributed by atoms with van der Waals surface area (Å²) in [6.45, 7) is 5.97. The van der Waals surface area contributed by atoms with E-state index < -0.39 is 11.5 Å². The lowest BCUT2D eigenvalue weighted by Gasteiger charge is -2.15. The fourth-order valence-corrected chi connectivity index (χ4v) is 2.61. The van der Waals surface area contributed by atoms with Crippen molar-refractivity contribution >= 4 is 16.9 Å². The Labute approximate surface area is 140 Å². The van der Waals surface area contributed by atoms with Gasteiger partial charge in [-0.25, -0.2) is 4.79 Å². The second-order valence-corrected chi connectivity index (χ2v) is 6.02. The molecule has 3 aromatic rings. The molecule has 0 radical (unpaired) electrons. The van der Waals surface area contributed by atoms with Crippen LogP contribution in [0.15, 0.2) is 57.7 Å². The van der Waals surface area contributed by atoms with Gasteiger partial charge in [-0.05, 0) is 49.6 Å². The molecule has 2 aromatic carbocycles. The Balaban J connectivity index is 1.87. The first kappa shape index (κ1) is 16.0. The molecule has 1 amide bonds. The Morgan fingerprint density at radius 1 is 1.04 bits per heavy atom. The van der Waals surface area contributed by atoms with Crippen molar-refractivity contribution in [3.63, 3.8) is 0 Å². The second kappa shape index (κ2) is 6.32. The first-order chi connectivity index (χ1) is 11.5. The average Bonchev–Trinajstić information content (AvgIpc) is 2.56. The van der Waals surface area contributed by atoms with Crippen LogP contribution in [0.3, 0.4) is 0 Å². The van der Waals surface area contributed by atoms with Crippen molar-refractivity contribution < 1.29 is 9.21 Å². The van der Waals surface area contributed by atoms with E-state index in [1.54, 1.807) is 18.2 Å². The van der Waals surface area contributed by atoms with Gasteiger partial charge in [-0.15, -0.1) is 0 Å². The molecular formula is C20H19NO3. The van der Waals surface area contributed by atoms with E-state index in [2.05, 4.69) is 5.32 Å². The van der Waals surface area contributed by atoms with Crippen molar-refractivity contribution in [2.24, 2.45) is 0 Å². The topological polar surface area (TPSA) is 59.3 Å². The van der Waals surface area contributed by atoms with Gasteiger partial charge in [0.05, 0.1) is 6.04 Å². The molecule has 1 heterocycles. The molecule has 0 aliphatic heterocycles.